The largest absolute Gasteiger partial charge is 0.406 e. The molecule has 4 nitrogen and oxygen atoms in total. The van der Waals surface area contributed by atoms with Crippen molar-refractivity contribution in [1.82, 2.24) is 9.88 Å². The molecule has 0 saturated heterocycles. The number of carbonyl (C=O) groups is 1. The highest BCUT2D eigenvalue weighted by Gasteiger charge is 2.32. The highest BCUT2D eigenvalue weighted by molar-refractivity contribution is 5.98. The Morgan fingerprint density at radius 3 is 2.72 bits per heavy atom. The van der Waals surface area contributed by atoms with Crippen LogP contribution in [0.2, 0.25) is 0 Å². The summed E-state index contributed by atoms with van der Waals surface area (Å²) < 4.78 is 36.6. The molecule has 1 heterocycles. The summed E-state index contributed by atoms with van der Waals surface area (Å²) in [5.74, 6) is -0.421. The minimum absolute atomic E-state index is 0.131. The monoisotopic (exact) mass is 261 g/mol. The molecule has 18 heavy (non-hydrogen) atoms. The number of carbonyl (C=O) groups excluding carboxylic acids is 1. The van der Waals surface area contributed by atoms with Crippen LogP contribution in [0.25, 0.3) is 0 Å². The number of pyridine rings is 1. The van der Waals surface area contributed by atoms with Crippen LogP contribution in [0, 0.1) is 0 Å². The first-order valence-electron chi connectivity index (χ1n) is 5.36. The molecule has 0 aliphatic carbocycles. The minimum Gasteiger partial charge on any atom is -0.370 e. The van der Waals surface area contributed by atoms with Crippen molar-refractivity contribution in [3.05, 3.63) is 23.9 Å². The van der Waals surface area contributed by atoms with Crippen molar-refractivity contribution in [1.29, 1.82) is 0 Å². The second-order valence-corrected chi connectivity index (χ2v) is 3.71. The molecule has 0 bridgehead atoms. The van der Waals surface area contributed by atoms with Gasteiger partial charge in [-0.3, -0.25) is 4.79 Å². The van der Waals surface area contributed by atoms with E-state index in [4.69, 9.17) is 0 Å². The summed E-state index contributed by atoms with van der Waals surface area (Å²) in [5, 5.41) is 2.83. The molecule has 1 rings (SSSR count). The summed E-state index contributed by atoms with van der Waals surface area (Å²) in [6.07, 6.45) is -2.94. The van der Waals surface area contributed by atoms with Crippen LogP contribution < -0.4 is 5.32 Å². The number of nitrogens with zero attached hydrogens (tertiary/aromatic N) is 2. The van der Waals surface area contributed by atoms with Gasteiger partial charge in [0.25, 0.3) is 5.91 Å². The van der Waals surface area contributed by atoms with Gasteiger partial charge in [0.15, 0.2) is 0 Å². The molecule has 7 heteroatoms. The van der Waals surface area contributed by atoms with E-state index in [-0.39, 0.29) is 5.56 Å². The van der Waals surface area contributed by atoms with E-state index >= 15 is 0 Å². The molecule has 0 spiro atoms. The van der Waals surface area contributed by atoms with Gasteiger partial charge in [-0.1, -0.05) is 0 Å². The van der Waals surface area contributed by atoms with Crippen LogP contribution in [0.4, 0.5) is 19.0 Å². The summed E-state index contributed by atoms with van der Waals surface area (Å²) in [6.45, 7) is 1.05. The third kappa shape index (κ3) is 3.90. The van der Waals surface area contributed by atoms with Gasteiger partial charge >= 0.3 is 6.18 Å². The third-order valence-electron chi connectivity index (χ3n) is 2.15. The molecule has 0 atom stereocenters. The Kier molecular flexibility index (Phi) is 4.52. The van der Waals surface area contributed by atoms with Crippen molar-refractivity contribution in [3.8, 4) is 0 Å². The highest BCUT2D eigenvalue weighted by Crippen LogP contribution is 2.19. The SMILES string of the molecule is CCNc1ncccc1C(=O)N(C)CC(F)(F)F. The van der Waals surface area contributed by atoms with Crippen molar-refractivity contribution in [2.75, 3.05) is 25.5 Å². The second kappa shape index (κ2) is 5.70. The van der Waals surface area contributed by atoms with E-state index in [1.807, 2.05) is 6.92 Å². The first kappa shape index (κ1) is 14.3. The second-order valence-electron chi connectivity index (χ2n) is 3.71. The number of anilines is 1. The van der Waals surface area contributed by atoms with Gasteiger partial charge in [-0.2, -0.15) is 13.2 Å². The number of hydrogen-bond donors (Lipinski definition) is 1. The number of rotatable bonds is 4. The Bertz CT molecular complexity index is 420. The van der Waals surface area contributed by atoms with Crippen LogP contribution in [0.5, 0.6) is 0 Å². The fourth-order valence-corrected chi connectivity index (χ4v) is 1.43. The number of nitrogens with one attached hydrogen (secondary N) is 1. The molecule has 0 unspecified atom stereocenters. The minimum atomic E-state index is -4.41. The molecule has 0 aromatic carbocycles. The maximum absolute atomic E-state index is 12.2. The maximum atomic E-state index is 12.2. The number of amides is 1. The van der Waals surface area contributed by atoms with Gasteiger partial charge in [-0.15, -0.1) is 0 Å². The summed E-state index contributed by atoms with van der Waals surface area (Å²) in [7, 11) is 1.11. The Balaban J connectivity index is 2.89. The molecule has 0 fully saturated rings. The topological polar surface area (TPSA) is 45.2 Å². The zero-order valence-electron chi connectivity index (χ0n) is 10.1. The molecule has 1 aromatic rings. The van der Waals surface area contributed by atoms with Gasteiger partial charge in [0.2, 0.25) is 0 Å². The number of alkyl halides is 3. The molecule has 0 aliphatic heterocycles. The maximum Gasteiger partial charge on any atom is 0.406 e. The van der Waals surface area contributed by atoms with Gasteiger partial charge in [-0.25, -0.2) is 4.98 Å². The van der Waals surface area contributed by atoms with Gasteiger partial charge in [0.1, 0.15) is 12.4 Å². The summed E-state index contributed by atoms with van der Waals surface area (Å²) in [4.78, 5) is 16.4. The smallest absolute Gasteiger partial charge is 0.370 e. The Hall–Kier alpha value is -1.79. The lowest BCUT2D eigenvalue weighted by Crippen LogP contribution is -2.36. The highest BCUT2D eigenvalue weighted by atomic mass is 19.4. The summed E-state index contributed by atoms with van der Waals surface area (Å²) in [5.41, 5.74) is 0.131. The number of halogens is 3. The van der Waals surface area contributed by atoms with Crippen LogP contribution in [-0.4, -0.2) is 42.1 Å². The van der Waals surface area contributed by atoms with E-state index in [0.29, 0.717) is 17.3 Å². The normalized spacial score (nSPS) is 11.2. The Morgan fingerprint density at radius 1 is 1.50 bits per heavy atom. The van der Waals surface area contributed by atoms with Gasteiger partial charge < -0.3 is 10.2 Å². The van der Waals surface area contributed by atoms with E-state index in [1.165, 1.54) is 18.3 Å². The zero-order chi connectivity index (χ0) is 13.8. The van der Waals surface area contributed by atoms with Crippen LogP contribution in [-0.2, 0) is 0 Å². The predicted octanol–water partition coefficient (Wildman–Crippen LogP) is 2.15. The van der Waals surface area contributed by atoms with Crippen LogP contribution in [0.1, 0.15) is 17.3 Å². The zero-order valence-corrected chi connectivity index (χ0v) is 10.1. The third-order valence-corrected chi connectivity index (χ3v) is 2.15. The standard InChI is InChI=1S/C11H14F3N3O/c1-3-15-9-8(5-4-6-16-9)10(18)17(2)7-11(12,13)14/h4-6H,3,7H2,1-2H3,(H,15,16). The van der Waals surface area contributed by atoms with Gasteiger partial charge in [0.05, 0.1) is 5.56 Å². The van der Waals surface area contributed by atoms with E-state index in [1.54, 1.807) is 0 Å². The predicted molar refractivity (Wildman–Crippen MR) is 61.4 cm³/mol. The molecule has 0 saturated carbocycles. The van der Waals surface area contributed by atoms with E-state index in [0.717, 1.165) is 7.05 Å². The summed E-state index contributed by atoms with van der Waals surface area (Å²) in [6, 6.07) is 2.95. The molecule has 1 amide bonds. The lowest BCUT2D eigenvalue weighted by atomic mass is 10.2. The van der Waals surface area contributed by atoms with Gasteiger partial charge in [-0.05, 0) is 19.1 Å². The van der Waals surface area contributed by atoms with Crippen molar-refractivity contribution in [2.45, 2.75) is 13.1 Å². The molecular formula is C11H14F3N3O. The molecule has 1 N–H and O–H groups in total. The van der Waals surface area contributed by atoms with E-state index < -0.39 is 18.6 Å². The fraction of sp³-hybridized carbons (Fsp3) is 0.455. The fourth-order valence-electron chi connectivity index (χ4n) is 1.43. The average molecular weight is 261 g/mol. The van der Waals surface area contributed by atoms with Crippen LogP contribution in [0.15, 0.2) is 18.3 Å². The van der Waals surface area contributed by atoms with Crippen molar-refractivity contribution >= 4 is 11.7 Å². The molecular weight excluding hydrogens is 247 g/mol. The van der Waals surface area contributed by atoms with Crippen molar-refractivity contribution in [3.63, 3.8) is 0 Å². The molecule has 0 radical (unpaired) electrons. The first-order chi connectivity index (χ1) is 8.35. The summed E-state index contributed by atoms with van der Waals surface area (Å²) >= 11 is 0. The molecule has 0 aliphatic rings. The van der Waals surface area contributed by atoms with Crippen LogP contribution >= 0.6 is 0 Å². The van der Waals surface area contributed by atoms with Gasteiger partial charge in [0, 0.05) is 19.8 Å². The number of hydrogen-bond acceptors (Lipinski definition) is 3. The van der Waals surface area contributed by atoms with E-state index in [9.17, 15) is 18.0 Å². The molecule has 1 aromatic heterocycles. The first-order valence-corrected chi connectivity index (χ1v) is 5.36. The lowest BCUT2D eigenvalue weighted by Gasteiger charge is -2.20. The lowest BCUT2D eigenvalue weighted by molar-refractivity contribution is -0.138. The van der Waals surface area contributed by atoms with Crippen molar-refractivity contribution in [2.24, 2.45) is 0 Å². The average Bonchev–Trinajstić information content (AvgIpc) is 2.27. The van der Waals surface area contributed by atoms with Crippen molar-refractivity contribution < 1.29 is 18.0 Å². The van der Waals surface area contributed by atoms with Crippen LogP contribution in [0.3, 0.4) is 0 Å². The number of aromatic nitrogens is 1. The Morgan fingerprint density at radius 2 is 2.17 bits per heavy atom. The molecule has 100 valence electrons. The Labute approximate surface area is 103 Å². The quantitative estimate of drug-likeness (QED) is 0.903. The van der Waals surface area contributed by atoms with E-state index in [2.05, 4.69) is 10.3 Å².